The summed E-state index contributed by atoms with van der Waals surface area (Å²) in [5, 5.41) is 13.9. The van der Waals surface area contributed by atoms with Crippen LogP contribution >= 0.6 is 0 Å². The summed E-state index contributed by atoms with van der Waals surface area (Å²) in [6, 6.07) is 16.7. The fraction of sp³-hybridized carbons (Fsp3) is 0.250. The molecule has 1 saturated heterocycles. The Kier molecular flexibility index (Phi) is 4.50. The Hall–Kier alpha value is -2.99. The summed E-state index contributed by atoms with van der Waals surface area (Å²) in [4.78, 5) is 19.1. The molecule has 3 aromatic rings. The predicted octanol–water partition coefficient (Wildman–Crippen LogP) is 3.00. The van der Waals surface area contributed by atoms with Gasteiger partial charge in [0.15, 0.2) is 0 Å². The van der Waals surface area contributed by atoms with Crippen molar-refractivity contribution in [3.8, 4) is 22.8 Å². The minimum absolute atomic E-state index is 0.126. The lowest BCUT2D eigenvalue weighted by Gasteiger charge is -2.30. The number of aromatic nitrogens is 2. The summed E-state index contributed by atoms with van der Waals surface area (Å²) in [5.41, 5.74) is 1.96. The highest BCUT2D eigenvalue weighted by molar-refractivity contribution is 6.00. The van der Waals surface area contributed by atoms with Gasteiger partial charge in [-0.2, -0.15) is 4.98 Å². The topological polar surface area (TPSA) is 79.5 Å². The summed E-state index contributed by atoms with van der Waals surface area (Å²) in [6.45, 7) is 0.996. The van der Waals surface area contributed by atoms with E-state index in [1.807, 2.05) is 42.5 Å². The number of nitrogens with zero attached hydrogens (tertiary/aromatic N) is 3. The van der Waals surface area contributed by atoms with Gasteiger partial charge < -0.3 is 14.5 Å². The molecule has 1 N–H and O–H groups in total. The number of carbonyl (C=O) groups is 1. The minimum atomic E-state index is -0.465. The van der Waals surface area contributed by atoms with Gasteiger partial charge in [0.25, 0.3) is 11.8 Å². The number of β-amino-alcohol motifs (C(OH)–C–C–N with tert-alkyl or cyclic N) is 1. The fourth-order valence-corrected chi connectivity index (χ4v) is 3.20. The van der Waals surface area contributed by atoms with Gasteiger partial charge in [0.05, 0.1) is 17.2 Å². The number of likely N-dealkylation sites (tertiary alicyclic amines) is 1. The Morgan fingerprint density at radius 1 is 1.12 bits per heavy atom. The lowest BCUT2D eigenvalue weighted by atomic mass is 10.0. The van der Waals surface area contributed by atoms with Crippen LogP contribution in [-0.2, 0) is 0 Å². The first-order chi connectivity index (χ1) is 12.7. The van der Waals surface area contributed by atoms with Crippen LogP contribution in [0.3, 0.4) is 0 Å². The second kappa shape index (κ2) is 7.09. The van der Waals surface area contributed by atoms with E-state index >= 15 is 0 Å². The normalized spacial score (nSPS) is 17.3. The van der Waals surface area contributed by atoms with Crippen LogP contribution in [0.25, 0.3) is 22.8 Å². The van der Waals surface area contributed by atoms with E-state index in [2.05, 4.69) is 10.1 Å². The van der Waals surface area contributed by atoms with Gasteiger partial charge >= 0.3 is 0 Å². The first-order valence-electron chi connectivity index (χ1n) is 8.68. The number of hydrogen-bond donors (Lipinski definition) is 1. The van der Waals surface area contributed by atoms with Gasteiger partial charge in [0.1, 0.15) is 0 Å². The van der Waals surface area contributed by atoms with Crippen LogP contribution in [-0.4, -0.2) is 45.2 Å². The average molecular weight is 349 g/mol. The minimum Gasteiger partial charge on any atom is -0.391 e. The predicted molar refractivity (Wildman–Crippen MR) is 96.3 cm³/mol. The third-order valence-electron chi connectivity index (χ3n) is 4.53. The lowest BCUT2D eigenvalue weighted by Crippen LogP contribution is -2.42. The molecule has 0 saturated carbocycles. The highest BCUT2D eigenvalue weighted by Gasteiger charge is 2.26. The van der Waals surface area contributed by atoms with Crippen molar-refractivity contribution in [1.82, 2.24) is 15.0 Å². The molecule has 0 unspecified atom stereocenters. The Bertz CT molecular complexity index is 907. The molecule has 1 aliphatic heterocycles. The maximum Gasteiger partial charge on any atom is 0.259 e. The van der Waals surface area contributed by atoms with Crippen LogP contribution in [0.5, 0.6) is 0 Å². The summed E-state index contributed by atoms with van der Waals surface area (Å²) < 4.78 is 5.42. The standard InChI is InChI=1S/C20H19N3O3/c24-15-9-6-12-23(13-15)20(25)17-11-5-4-10-16(17)19-21-18(22-26-19)14-7-2-1-3-8-14/h1-5,7-8,10-11,15,24H,6,9,12-13H2/t15-/m1/s1. The van der Waals surface area contributed by atoms with Crippen molar-refractivity contribution in [1.29, 1.82) is 0 Å². The molecule has 132 valence electrons. The maximum atomic E-state index is 12.9. The van der Waals surface area contributed by atoms with Crippen molar-refractivity contribution in [2.75, 3.05) is 13.1 Å². The second-order valence-electron chi connectivity index (χ2n) is 6.38. The highest BCUT2D eigenvalue weighted by atomic mass is 16.5. The van der Waals surface area contributed by atoms with Crippen molar-refractivity contribution < 1.29 is 14.4 Å². The number of aliphatic hydroxyl groups is 1. The van der Waals surface area contributed by atoms with E-state index in [9.17, 15) is 9.90 Å². The van der Waals surface area contributed by atoms with Crippen LogP contribution < -0.4 is 0 Å². The smallest absolute Gasteiger partial charge is 0.259 e. The van der Waals surface area contributed by atoms with Crippen molar-refractivity contribution >= 4 is 5.91 Å². The SMILES string of the molecule is O=C(c1ccccc1-c1nc(-c2ccccc2)no1)N1CCC[C@@H](O)C1. The average Bonchev–Trinajstić information content (AvgIpc) is 3.18. The van der Waals surface area contributed by atoms with Gasteiger partial charge in [-0.05, 0) is 25.0 Å². The molecule has 0 bridgehead atoms. The zero-order chi connectivity index (χ0) is 17.9. The largest absolute Gasteiger partial charge is 0.391 e. The van der Waals surface area contributed by atoms with Gasteiger partial charge in [-0.25, -0.2) is 0 Å². The molecule has 26 heavy (non-hydrogen) atoms. The Morgan fingerprint density at radius 2 is 1.88 bits per heavy atom. The molecule has 1 atom stereocenters. The zero-order valence-electron chi connectivity index (χ0n) is 14.2. The van der Waals surface area contributed by atoms with E-state index in [-0.39, 0.29) is 5.91 Å². The van der Waals surface area contributed by atoms with Gasteiger partial charge in [-0.1, -0.05) is 47.6 Å². The molecule has 2 aromatic carbocycles. The number of benzene rings is 2. The third kappa shape index (κ3) is 3.23. The van der Waals surface area contributed by atoms with Gasteiger partial charge in [0, 0.05) is 18.7 Å². The van der Waals surface area contributed by atoms with Crippen LogP contribution in [0.4, 0.5) is 0 Å². The van der Waals surface area contributed by atoms with Crippen molar-refractivity contribution in [3.63, 3.8) is 0 Å². The monoisotopic (exact) mass is 349 g/mol. The maximum absolute atomic E-state index is 12.9. The molecular formula is C20H19N3O3. The number of amides is 1. The summed E-state index contributed by atoms with van der Waals surface area (Å²) in [7, 11) is 0. The second-order valence-corrected chi connectivity index (χ2v) is 6.38. The molecule has 6 nitrogen and oxygen atoms in total. The number of piperidine rings is 1. The van der Waals surface area contributed by atoms with E-state index in [0.29, 0.717) is 35.9 Å². The molecule has 0 radical (unpaired) electrons. The van der Waals surface area contributed by atoms with Gasteiger partial charge in [-0.15, -0.1) is 0 Å². The van der Waals surface area contributed by atoms with E-state index in [0.717, 1.165) is 18.4 Å². The molecule has 1 aliphatic rings. The molecule has 2 heterocycles. The number of aliphatic hydroxyl groups excluding tert-OH is 1. The van der Waals surface area contributed by atoms with Crippen molar-refractivity contribution in [2.45, 2.75) is 18.9 Å². The van der Waals surface area contributed by atoms with Crippen LogP contribution in [0.2, 0.25) is 0 Å². The summed E-state index contributed by atoms with van der Waals surface area (Å²) >= 11 is 0. The summed E-state index contributed by atoms with van der Waals surface area (Å²) in [5.74, 6) is 0.667. The van der Waals surface area contributed by atoms with Gasteiger partial charge in [-0.3, -0.25) is 4.79 Å². The van der Waals surface area contributed by atoms with Crippen LogP contribution in [0, 0.1) is 0 Å². The first kappa shape index (κ1) is 16.5. The van der Waals surface area contributed by atoms with E-state index in [4.69, 9.17) is 4.52 Å². The number of hydrogen-bond acceptors (Lipinski definition) is 5. The Labute approximate surface area is 151 Å². The van der Waals surface area contributed by atoms with E-state index in [1.54, 1.807) is 17.0 Å². The Morgan fingerprint density at radius 3 is 2.69 bits per heavy atom. The molecule has 1 fully saturated rings. The number of carbonyl (C=O) groups excluding carboxylic acids is 1. The quantitative estimate of drug-likeness (QED) is 0.786. The van der Waals surface area contributed by atoms with E-state index < -0.39 is 6.10 Å². The molecule has 0 spiro atoms. The first-order valence-corrected chi connectivity index (χ1v) is 8.68. The third-order valence-corrected chi connectivity index (χ3v) is 4.53. The van der Waals surface area contributed by atoms with Crippen LogP contribution in [0.15, 0.2) is 59.1 Å². The molecular weight excluding hydrogens is 330 g/mol. The van der Waals surface area contributed by atoms with Gasteiger partial charge in [0.2, 0.25) is 5.82 Å². The van der Waals surface area contributed by atoms with Crippen molar-refractivity contribution in [3.05, 3.63) is 60.2 Å². The molecule has 1 aromatic heterocycles. The van der Waals surface area contributed by atoms with E-state index in [1.165, 1.54) is 0 Å². The van der Waals surface area contributed by atoms with Crippen molar-refractivity contribution in [2.24, 2.45) is 0 Å². The molecule has 1 amide bonds. The fourth-order valence-electron chi connectivity index (χ4n) is 3.20. The lowest BCUT2D eigenvalue weighted by molar-refractivity contribution is 0.0474. The Balaban J connectivity index is 1.66. The molecule has 0 aliphatic carbocycles. The molecule has 6 heteroatoms. The highest BCUT2D eigenvalue weighted by Crippen LogP contribution is 2.26. The zero-order valence-corrected chi connectivity index (χ0v) is 14.2. The number of rotatable bonds is 3. The van der Waals surface area contributed by atoms with Crippen LogP contribution in [0.1, 0.15) is 23.2 Å². The summed E-state index contributed by atoms with van der Waals surface area (Å²) in [6.07, 6.45) is 1.07. The molecule has 4 rings (SSSR count).